The van der Waals surface area contributed by atoms with Crippen LogP contribution in [0.2, 0.25) is 0 Å². The summed E-state index contributed by atoms with van der Waals surface area (Å²) >= 11 is 0. The lowest BCUT2D eigenvalue weighted by Crippen LogP contribution is -2.16. The van der Waals surface area contributed by atoms with Gasteiger partial charge in [0.1, 0.15) is 5.69 Å². The molecule has 0 fully saturated rings. The van der Waals surface area contributed by atoms with Crippen LogP contribution in [0.15, 0.2) is 64.8 Å². The van der Waals surface area contributed by atoms with Crippen molar-refractivity contribution in [2.24, 2.45) is 10.2 Å². The smallest absolute Gasteiger partial charge is 0.111 e. The van der Waals surface area contributed by atoms with E-state index in [4.69, 9.17) is 0 Å². The summed E-state index contributed by atoms with van der Waals surface area (Å²) in [5, 5.41) is 19.2. The van der Waals surface area contributed by atoms with Crippen LogP contribution >= 0.6 is 0 Å². The predicted molar refractivity (Wildman–Crippen MR) is 71.9 cm³/mol. The van der Waals surface area contributed by atoms with E-state index in [9.17, 15) is 5.21 Å². The van der Waals surface area contributed by atoms with E-state index in [0.717, 1.165) is 10.8 Å². The van der Waals surface area contributed by atoms with E-state index in [2.05, 4.69) is 10.2 Å². The molecule has 0 heterocycles. The van der Waals surface area contributed by atoms with Gasteiger partial charge in [0, 0.05) is 6.54 Å². The lowest BCUT2D eigenvalue weighted by atomic mass is 10.2. The van der Waals surface area contributed by atoms with Crippen molar-refractivity contribution in [1.82, 2.24) is 0 Å². The topological polar surface area (TPSA) is 48.2 Å². The molecule has 0 radical (unpaired) electrons. The molecule has 2 aromatic carbocycles. The number of hydroxylamine groups is 1. The van der Waals surface area contributed by atoms with E-state index < -0.39 is 0 Å². The van der Waals surface area contributed by atoms with E-state index in [0.29, 0.717) is 17.9 Å². The molecule has 0 unspecified atom stereocenters. The average molecular weight is 241 g/mol. The maximum absolute atomic E-state index is 9.74. The van der Waals surface area contributed by atoms with Crippen LogP contribution < -0.4 is 5.06 Å². The van der Waals surface area contributed by atoms with Crippen LogP contribution in [0.5, 0.6) is 0 Å². The zero-order valence-electron chi connectivity index (χ0n) is 10.2. The molecule has 0 amide bonds. The molecule has 0 aromatic heterocycles. The molecule has 0 saturated heterocycles. The Labute approximate surface area is 106 Å². The first-order valence-corrected chi connectivity index (χ1v) is 5.83. The maximum atomic E-state index is 9.74. The molecule has 2 rings (SSSR count). The Hall–Kier alpha value is -2.20. The minimum absolute atomic E-state index is 0.498. The van der Waals surface area contributed by atoms with Crippen LogP contribution in [0.3, 0.4) is 0 Å². The normalized spacial score (nSPS) is 10.8. The summed E-state index contributed by atoms with van der Waals surface area (Å²) < 4.78 is 0. The molecule has 0 bridgehead atoms. The first-order valence-electron chi connectivity index (χ1n) is 5.83. The van der Waals surface area contributed by atoms with Crippen LogP contribution in [0, 0.1) is 0 Å². The highest BCUT2D eigenvalue weighted by Gasteiger charge is 2.05. The third kappa shape index (κ3) is 2.93. The summed E-state index contributed by atoms with van der Waals surface area (Å²) in [6.07, 6.45) is 0. The highest BCUT2D eigenvalue weighted by atomic mass is 16.5. The number of rotatable bonds is 4. The minimum Gasteiger partial charge on any atom is -0.288 e. The van der Waals surface area contributed by atoms with Gasteiger partial charge < -0.3 is 0 Å². The van der Waals surface area contributed by atoms with Crippen LogP contribution in [-0.4, -0.2) is 11.8 Å². The Morgan fingerprint density at radius 3 is 2.33 bits per heavy atom. The van der Waals surface area contributed by atoms with Crippen molar-refractivity contribution in [3.05, 3.63) is 54.6 Å². The van der Waals surface area contributed by atoms with Crippen molar-refractivity contribution in [1.29, 1.82) is 0 Å². The largest absolute Gasteiger partial charge is 0.288 e. The molecule has 1 N–H and O–H groups in total. The Balaban J connectivity index is 2.26. The van der Waals surface area contributed by atoms with E-state index >= 15 is 0 Å². The van der Waals surface area contributed by atoms with Gasteiger partial charge >= 0.3 is 0 Å². The first kappa shape index (κ1) is 12.3. The summed E-state index contributed by atoms with van der Waals surface area (Å²) in [4.78, 5) is 0. The molecule has 4 heteroatoms. The molecule has 18 heavy (non-hydrogen) atoms. The molecule has 0 atom stereocenters. The van der Waals surface area contributed by atoms with Crippen LogP contribution in [0.25, 0.3) is 0 Å². The fourth-order valence-corrected chi connectivity index (χ4v) is 1.54. The second-order valence-corrected chi connectivity index (χ2v) is 3.74. The molecule has 0 spiro atoms. The highest BCUT2D eigenvalue weighted by molar-refractivity contribution is 5.65. The Bertz CT molecular complexity index is 526. The summed E-state index contributed by atoms with van der Waals surface area (Å²) in [7, 11) is 0. The van der Waals surface area contributed by atoms with Crippen LogP contribution in [0.1, 0.15) is 6.92 Å². The average Bonchev–Trinajstić information content (AvgIpc) is 2.45. The molecule has 4 nitrogen and oxygen atoms in total. The number of hydrogen-bond acceptors (Lipinski definition) is 4. The fourth-order valence-electron chi connectivity index (χ4n) is 1.54. The quantitative estimate of drug-likeness (QED) is 0.640. The van der Waals surface area contributed by atoms with Crippen molar-refractivity contribution >= 4 is 17.1 Å². The summed E-state index contributed by atoms with van der Waals surface area (Å²) in [5.41, 5.74) is 2.08. The lowest BCUT2D eigenvalue weighted by Gasteiger charge is -2.15. The molecule has 0 aliphatic carbocycles. The van der Waals surface area contributed by atoms with Crippen molar-refractivity contribution in [3.8, 4) is 0 Å². The van der Waals surface area contributed by atoms with Crippen LogP contribution in [0.4, 0.5) is 17.1 Å². The zero-order valence-corrected chi connectivity index (χ0v) is 10.2. The molecular weight excluding hydrogens is 226 g/mol. The zero-order chi connectivity index (χ0) is 12.8. The third-order valence-electron chi connectivity index (χ3n) is 2.49. The number of nitrogens with zero attached hydrogens (tertiary/aromatic N) is 3. The number of benzene rings is 2. The molecule has 0 aliphatic heterocycles. The van der Waals surface area contributed by atoms with Gasteiger partial charge in [-0.1, -0.05) is 30.3 Å². The van der Waals surface area contributed by atoms with Crippen molar-refractivity contribution < 1.29 is 5.21 Å². The number of azo groups is 1. The van der Waals surface area contributed by atoms with E-state index in [1.807, 2.05) is 61.5 Å². The molecule has 0 saturated carbocycles. The molecule has 0 aliphatic rings. The predicted octanol–water partition coefficient (Wildman–Crippen LogP) is 4.32. The Morgan fingerprint density at radius 2 is 1.61 bits per heavy atom. The van der Waals surface area contributed by atoms with Gasteiger partial charge in [0.15, 0.2) is 0 Å². The maximum Gasteiger partial charge on any atom is 0.111 e. The van der Waals surface area contributed by atoms with Gasteiger partial charge in [0.2, 0.25) is 0 Å². The highest BCUT2D eigenvalue weighted by Crippen LogP contribution is 2.28. The van der Waals surface area contributed by atoms with Gasteiger partial charge in [-0.2, -0.15) is 5.11 Å². The fraction of sp³-hybridized carbons (Fsp3) is 0.143. The van der Waals surface area contributed by atoms with E-state index in [-0.39, 0.29) is 0 Å². The van der Waals surface area contributed by atoms with Crippen molar-refractivity contribution in [2.75, 3.05) is 11.6 Å². The SMILES string of the molecule is CCN(O)c1ccccc1N=Nc1ccccc1. The Morgan fingerprint density at radius 1 is 0.944 bits per heavy atom. The summed E-state index contributed by atoms with van der Waals surface area (Å²) in [6.45, 7) is 2.36. The van der Waals surface area contributed by atoms with Crippen molar-refractivity contribution in [3.63, 3.8) is 0 Å². The van der Waals surface area contributed by atoms with Gasteiger partial charge in [-0.15, -0.1) is 5.11 Å². The van der Waals surface area contributed by atoms with Gasteiger partial charge in [0.05, 0.1) is 11.4 Å². The Kier molecular flexibility index (Phi) is 4.04. The monoisotopic (exact) mass is 241 g/mol. The standard InChI is InChI=1S/C14H15N3O/c1-2-17(18)14-11-7-6-10-13(14)16-15-12-8-4-3-5-9-12/h3-11,18H,2H2,1H3. The second-order valence-electron chi connectivity index (χ2n) is 3.74. The number of anilines is 1. The van der Waals surface area contributed by atoms with Gasteiger partial charge in [-0.3, -0.25) is 10.3 Å². The minimum atomic E-state index is 0.498. The van der Waals surface area contributed by atoms with Crippen LogP contribution in [-0.2, 0) is 0 Å². The van der Waals surface area contributed by atoms with Gasteiger partial charge in [-0.05, 0) is 31.2 Å². The third-order valence-corrected chi connectivity index (χ3v) is 2.49. The summed E-state index contributed by atoms with van der Waals surface area (Å²) in [6, 6.07) is 16.9. The van der Waals surface area contributed by atoms with Gasteiger partial charge in [-0.25, -0.2) is 0 Å². The van der Waals surface area contributed by atoms with E-state index in [1.165, 1.54) is 0 Å². The second kappa shape index (κ2) is 5.93. The molecule has 92 valence electrons. The van der Waals surface area contributed by atoms with Gasteiger partial charge in [0.25, 0.3) is 0 Å². The lowest BCUT2D eigenvalue weighted by molar-refractivity contribution is 0.260. The number of hydrogen-bond donors (Lipinski definition) is 1. The number of para-hydroxylation sites is 1. The molecule has 2 aromatic rings. The first-order chi connectivity index (χ1) is 8.81. The summed E-state index contributed by atoms with van der Waals surface area (Å²) in [5.74, 6) is 0. The van der Waals surface area contributed by atoms with Crippen molar-refractivity contribution in [2.45, 2.75) is 6.92 Å². The van der Waals surface area contributed by atoms with E-state index in [1.54, 1.807) is 0 Å². The molecular formula is C14H15N3O.